The summed E-state index contributed by atoms with van der Waals surface area (Å²) in [6.07, 6.45) is 2.43. The molecule has 0 saturated heterocycles. The fraction of sp³-hybridized carbons (Fsp3) is 0.643. The first-order valence-electron chi connectivity index (χ1n) is 7.11. The maximum atomic E-state index is 12.5. The first-order valence-corrected chi connectivity index (χ1v) is 8.55. The quantitative estimate of drug-likeness (QED) is 0.801. The Morgan fingerprint density at radius 3 is 2.45 bits per heavy atom. The van der Waals surface area contributed by atoms with Gasteiger partial charge in [-0.05, 0) is 24.5 Å². The highest BCUT2D eigenvalue weighted by atomic mass is 32.2. The molecule has 1 N–H and O–H groups in total. The first-order chi connectivity index (χ1) is 9.41. The van der Waals surface area contributed by atoms with Crippen LogP contribution in [0, 0.1) is 5.92 Å². The summed E-state index contributed by atoms with van der Waals surface area (Å²) >= 11 is 0. The van der Waals surface area contributed by atoms with Gasteiger partial charge in [-0.3, -0.25) is 0 Å². The van der Waals surface area contributed by atoms with E-state index < -0.39 is 10.0 Å². The van der Waals surface area contributed by atoms with Gasteiger partial charge >= 0.3 is 0 Å². The summed E-state index contributed by atoms with van der Waals surface area (Å²) in [5.74, 6) is 1.00. The van der Waals surface area contributed by atoms with Gasteiger partial charge in [-0.15, -0.1) is 0 Å². The van der Waals surface area contributed by atoms with Gasteiger partial charge in [0.15, 0.2) is 0 Å². The molecule has 6 heteroatoms. The molecule has 0 spiro atoms. The average Bonchev–Trinajstić information content (AvgIpc) is 2.42. The van der Waals surface area contributed by atoms with Gasteiger partial charge in [-0.25, -0.2) is 13.4 Å². The number of pyridine rings is 1. The Morgan fingerprint density at radius 1 is 1.30 bits per heavy atom. The fourth-order valence-corrected chi connectivity index (χ4v) is 3.40. The SMILES string of the molecule is CCCNc1ccc(S(=O)(=O)N(CC)CC(C)C)cn1. The molecule has 1 aromatic rings. The van der Waals surface area contributed by atoms with Crippen LogP contribution in [0.2, 0.25) is 0 Å². The molecule has 0 fully saturated rings. The second-order valence-electron chi connectivity index (χ2n) is 5.16. The number of rotatable bonds is 8. The second kappa shape index (κ2) is 7.59. The van der Waals surface area contributed by atoms with Crippen molar-refractivity contribution in [3.8, 4) is 0 Å². The standard InChI is InChI=1S/C14H25N3O2S/c1-5-9-15-14-8-7-13(10-16-14)20(18,19)17(6-2)11-12(3)4/h7-8,10,12H,5-6,9,11H2,1-4H3,(H,15,16). The molecule has 0 radical (unpaired) electrons. The third-order valence-electron chi connectivity index (χ3n) is 2.85. The zero-order chi connectivity index (χ0) is 15.2. The third-order valence-corrected chi connectivity index (χ3v) is 4.78. The summed E-state index contributed by atoms with van der Waals surface area (Å²) in [6, 6.07) is 3.33. The molecule has 0 bridgehead atoms. The molecule has 20 heavy (non-hydrogen) atoms. The van der Waals surface area contributed by atoms with Crippen LogP contribution < -0.4 is 5.32 Å². The Morgan fingerprint density at radius 2 is 2.00 bits per heavy atom. The molecular formula is C14H25N3O2S. The Hall–Kier alpha value is -1.14. The van der Waals surface area contributed by atoms with E-state index in [2.05, 4.69) is 17.2 Å². The molecule has 0 saturated carbocycles. The van der Waals surface area contributed by atoms with E-state index in [1.807, 2.05) is 20.8 Å². The normalized spacial score (nSPS) is 12.1. The maximum Gasteiger partial charge on any atom is 0.244 e. The topological polar surface area (TPSA) is 62.3 Å². The molecule has 1 aromatic heterocycles. The van der Waals surface area contributed by atoms with Gasteiger partial charge in [-0.1, -0.05) is 27.7 Å². The molecule has 0 aliphatic rings. The smallest absolute Gasteiger partial charge is 0.244 e. The number of sulfonamides is 1. The monoisotopic (exact) mass is 299 g/mol. The molecule has 0 atom stereocenters. The van der Waals surface area contributed by atoms with Crippen molar-refractivity contribution >= 4 is 15.8 Å². The zero-order valence-corrected chi connectivity index (χ0v) is 13.6. The van der Waals surface area contributed by atoms with Gasteiger partial charge in [0, 0.05) is 25.8 Å². The Balaban J connectivity index is 2.91. The summed E-state index contributed by atoms with van der Waals surface area (Å²) < 4.78 is 26.5. The predicted molar refractivity (Wildman–Crippen MR) is 82.3 cm³/mol. The molecule has 1 heterocycles. The van der Waals surface area contributed by atoms with Crippen LogP contribution >= 0.6 is 0 Å². The van der Waals surface area contributed by atoms with Crippen LogP contribution in [-0.4, -0.2) is 37.3 Å². The fourth-order valence-electron chi connectivity index (χ4n) is 1.84. The average molecular weight is 299 g/mol. The van der Waals surface area contributed by atoms with Crippen molar-refractivity contribution in [1.29, 1.82) is 0 Å². The number of hydrogen-bond acceptors (Lipinski definition) is 4. The van der Waals surface area contributed by atoms with Gasteiger partial charge in [0.2, 0.25) is 10.0 Å². The minimum atomic E-state index is -3.44. The molecule has 0 amide bonds. The van der Waals surface area contributed by atoms with E-state index in [0.29, 0.717) is 24.8 Å². The minimum Gasteiger partial charge on any atom is -0.370 e. The van der Waals surface area contributed by atoms with Gasteiger partial charge < -0.3 is 5.32 Å². The van der Waals surface area contributed by atoms with Crippen molar-refractivity contribution < 1.29 is 8.42 Å². The molecule has 1 rings (SSSR count). The maximum absolute atomic E-state index is 12.5. The van der Waals surface area contributed by atoms with Gasteiger partial charge in [0.25, 0.3) is 0 Å². The number of hydrogen-bond donors (Lipinski definition) is 1. The van der Waals surface area contributed by atoms with Crippen molar-refractivity contribution in [3.63, 3.8) is 0 Å². The lowest BCUT2D eigenvalue weighted by Gasteiger charge is -2.22. The minimum absolute atomic E-state index is 0.252. The van der Waals surface area contributed by atoms with Crippen molar-refractivity contribution in [2.75, 3.05) is 25.0 Å². The Bertz CT molecular complexity index is 498. The van der Waals surface area contributed by atoms with E-state index in [1.54, 1.807) is 12.1 Å². The Labute approximate surface area is 122 Å². The lowest BCUT2D eigenvalue weighted by Crippen LogP contribution is -2.34. The number of aromatic nitrogens is 1. The van der Waals surface area contributed by atoms with E-state index in [4.69, 9.17) is 0 Å². The highest BCUT2D eigenvalue weighted by Gasteiger charge is 2.23. The van der Waals surface area contributed by atoms with E-state index in [-0.39, 0.29) is 4.90 Å². The highest BCUT2D eigenvalue weighted by molar-refractivity contribution is 7.89. The van der Waals surface area contributed by atoms with E-state index >= 15 is 0 Å². The molecule has 114 valence electrons. The van der Waals surface area contributed by atoms with E-state index in [1.165, 1.54) is 10.5 Å². The number of anilines is 1. The lowest BCUT2D eigenvalue weighted by atomic mass is 10.2. The predicted octanol–water partition coefficient (Wildman–Crippen LogP) is 2.57. The van der Waals surface area contributed by atoms with E-state index in [0.717, 1.165) is 13.0 Å². The van der Waals surface area contributed by atoms with E-state index in [9.17, 15) is 8.42 Å². The Kier molecular flexibility index (Phi) is 6.42. The van der Waals surface area contributed by atoms with Crippen LogP contribution in [0.3, 0.4) is 0 Å². The van der Waals surface area contributed by atoms with Crippen LogP contribution in [0.1, 0.15) is 34.1 Å². The molecule has 5 nitrogen and oxygen atoms in total. The largest absolute Gasteiger partial charge is 0.370 e. The van der Waals surface area contributed by atoms with Crippen molar-refractivity contribution in [1.82, 2.24) is 9.29 Å². The molecule has 0 aromatic carbocycles. The molecular weight excluding hydrogens is 274 g/mol. The van der Waals surface area contributed by atoms with Gasteiger partial charge in [-0.2, -0.15) is 4.31 Å². The van der Waals surface area contributed by atoms with Crippen molar-refractivity contribution in [2.24, 2.45) is 5.92 Å². The van der Waals surface area contributed by atoms with Gasteiger partial charge in [0.05, 0.1) is 0 Å². The van der Waals surface area contributed by atoms with Crippen LogP contribution in [0.4, 0.5) is 5.82 Å². The molecule has 0 aliphatic heterocycles. The molecule has 0 unspecified atom stereocenters. The first kappa shape index (κ1) is 16.9. The molecule has 0 aliphatic carbocycles. The van der Waals surface area contributed by atoms with Crippen LogP contribution in [-0.2, 0) is 10.0 Å². The summed E-state index contributed by atoms with van der Waals surface area (Å²) in [5, 5.41) is 3.13. The van der Waals surface area contributed by atoms with Gasteiger partial charge in [0.1, 0.15) is 10.7 Å². The van der Waals surface area contributed by atoms with Crippen LogP contribution in [0.5, 0.6) is 0 Å². The van der Waals surface area contributed by atoms with Crippen LogP contribution in [0.25, 0.3) is 0 Å². The highest BCUT2D eigenvalue weighted by Crippen LogP contribution is 2.17. The van der Waals surface area contributed by atoms with Crippen molar-refractivity contribution in [3.05, 3.63) is 18.3 Å². The third kappa shape index (κ3) is 4.45. The number of nitrogens with zero attached hydrogens (tertiary/aromatic N) is 2. The van der Waals surface area contributed by atoms with Crippen LogP contribution in [0.15, 0.2) is 23.2 Å². The zero-order valence-electron chi connectivity index (χ0n) is 12.8. The second-order valence-corrected chi connectivity index (χ2v) is 7.09. The van der Waals surface area contributed by atoms with Crippen molar-refractivity contribution in [2.45, 2.75) is 39.0 Å². The summed E-state index contributed by atoms with van der Waals surface area (Å²) in [5.41, 5.74) is 0. The lowest BCUT2D eigenvalue weighted by molar-refractivity contribution is 0.381. The summed E-state index contributed by atoms with van der Waals surface area (Å²) in [6.45, 7) is 9.75. The summed E-state index contributed by atoms with van der Waals surface area (Å²) in [7, 11) is -3.44. The summed E-state index contributed by atoms with van der Waals surface area (Å²) in [4.78, 5) is 4.41. The number of nitrogens with one attached hydrogen (secondary N) is 1.